The number of nitrogens with zero attached hydrogens (tertiary/aromatic N) is 3. The standard InChI is InChI=1S/C20H25N5OS/c1-5-25(6-2)11-16-23-19(17-12(3)13(4)27-20(17)24-16)22-15-9-7-14(8-10-15)18(21)26/h7-10H,5-6,11H2,1-4H3,(H2,21,26)(H,22,23,24). The molecule has 0 fully saturated rings. The first kappa shape index (κ1) is 19.3. The summed E-state index contributed by atoms with van der Waals surface area (Å²) in [5, 5.41) is 4.46. The lowest BCUT2D eigenvalue weighted by atomic mass is 10.2. The Morgan fingerprint density at radius 1 is 1.15 bits per heavy atom. The molecule has 0 spiro atoms. The summed E-state index contributed by atoms with van der Waals surface area (Å²) in [7, 11) is 0. The highest BCUT2D eigenvalue weighted by atomic mass is 32.1. The van der Waals surface area contributed by atoms with Gasteiger partial charge in [0.2, 0.25) is 5.91 Å². The van der Waals surface area contributed by atoms with Crippen LogP contribution in [0.1, 0.15) is 40.5 Å². The lowest BCUT2D eigenvalue weighted by Crippen LogP contribution is -2.23. The Morgan fingerprint density at radius 2 is 1.81 bits per heavy atom. The normalized spacial score (nSPS) is 11.3. The van der Waals surface area contributed by atoms with Gasteiger partial charge in [-0.3, -0.25) is 9.69 Å². The van der Waals surface area contributed by atoms with E-state index in [1.165, 1.54) is 10.4 Å². The molecule has 6 nitrogen and oxygen atoms in total. The molecule has 0 atom stereocenters. The number of hydrogen-bond donors (Lipinski definition) is 2. The van der Waals surface area contributed by atoms with Gasteiger partial charge in [-0.2, -0.15) is 0 Å². The van der Waals surface area contributed by atoms with Gasteiger partial charge in [-0.15, -0.1) is 11.3 Å². The van der Waals surface area contributed by atoms with Gasteiger partial charge in [-0.1, -0.05) is 13.8 Å². The molecular weight excluding hydrogens is 358 g/mol. The number of thiophene rings is 1. The molecule has 2 aromatic heterocycles. The van der Waals surface area contributed by atoms with Crippen molar-refractivity contribution in [3.05, 3.63) is 46.1 Å². The number of carbonyl (C=O) groups excluding carboxylic acids is 1. The molecule has 0 bridgehead atoms. The van der Waals surface area contributed by atoms with Crippen molar-refractivity contribution in [1.29, 1.82) is 0 Å². The number of fused-ring (bicyclic) bond motifs is 1. The van der Waals surface area contributed by atoms with Crippen molar-refractivity contribution < 1.29 is 4.79 Å². The van der Waals surface area contributed by atoms with Crippen molar-refractivity contribution in [3.8, 4) is 0 Å². The zero-order chi connectivity index (χ0) is 19.6. The van der Waals surface area contributed by atoms with Crippen LogP contribution in [0.5, 0.6) is 0 Å². The Kier molecular flexibility index (Phi) is 5.72. The highest BCUT2D eigenvalue weighted by Crippen LogP contribution is 2.34. The van der Waals surface area contributed by atoms with Crippen molar-refractivity contribution >= 4 is 39.0 Å². The maximum Gasteiger partial charge on any atom is 0.248 e. The summed E-state index contributed by atoms with van der Waals surface area (Å²) >= 11 is 1.70. The van der Waals surface area contributed by atoms with Crippen molar-refractivity contribution in [1.82, 2.24) is 14.9 Å². The summed E-state index contributed by atoms with van der Waals surface area (Å²) in [5.41, 5.74) is 7.86. The molecule has 0 saturated carbocycles. The van der Waals surface area contributed by atoms with Crippen molar-refractivity contribution in [2.24, 2.45) is 5.73 Å². The molecule has 2 heterocycles. The fourth-order valence-electron chi connectivity index (χ4n) is 2.96. The molecule has 0 unspecified atom stereocenters. The quantitative estimate of drug-likeness (QED) is 0.644. The molecule has 27 heavy (non-hydrogen) atoms. The first-order chi connectivity index (χ1) is 12.9. The Morgan fingerprint density at radius 3 is 2.41 bits per heavy atom. The second-order valence-corrected chi connectivity index (χ2v) is 7.68. The predicted octanol–water partition coefficient (Wildman–Crippen LogP) is 3.99. The summed E-state index contributed by atoms with van der Waals surface area (Å²) in [6, 6.07) is 7.11. The number of benzene rings is 1. The molecule has 0 aliphatic heterocycles. The highest BCUT2D eigenvalue weighted by molar-refractivity contribution is 7.18. The van der Waals surface area contributed by atoms with Gasteiger partial charge in [0.25, 0.3) is 0 Å². The van der Waals surface area contributed by atoms with Gasteiger partial charge in [0, 0.05) is 16.1 Å². The van der Waals surface area contributed by atoms with E-state index in [4.69, 9.17) is 15.7 Å². The molecule has 0 aliphatic rings. The zero-order valence-corrected chi connectivity index (χ0v) is 17.0. The second-order valence-electron chi connectivity index (χ2n) is 6.48. The van der Waals surface area contributed by atoms with Gasteiger partial charge >= 0.3 is 0 Å². The van der Waals surface area contributed by atoms with Crippen LogP contribution in [0.15, 0.2) is 24.3 Å². The summed E-state index contributed by atoms with van der Waals surface area (Å²) in [5.74, 6) is 1.18. The van der Waals surface area contributed by atoms with Crippen LogP contribution in [0.2, 0.25) is 0 Å². The van der Waals surface area contributed by atoms with E-state index in [0.29, 0.717) is 12.1 Å². The van der Waals surface area contributed by atoms with Gasteiger partial charge in [-0.05, 0) is 56.8 Å². The number of nitrogens with one attached hydrogen (secondary N) is 1. The number of amides is 1. The van der Waals surface area contributed by atoms with Crippen LogP contribution < -0.4 is 11.1 Å². The van der Waals surface area contributed by atoms with E-state index in [2.05, 4.69) is 37.9 Å². The Balaban J connectivity index is 2.02. The van der Waals surface area contributed by atoms with E-state index in [0.717, 1.165) is 40.6 Å². The first-order valence-corrected chi connectivity index (χ1v) is 9.90. The van der Waals surface area contributed by atoms with Gasteiger partial charge < -0.3 is 11.1 Å². The molecule has 0 aliphatic carbocycles. The molecule has 0 saturated heterocycles. The highest BCUT2D eigenvalue weighted by Gasteiger charge is 2.16. The van der Waals surface area contributed by atoms with Gasteiger partial charge in [-0.25, -0.2) is 9.97 Å². The van der Waals surface area contributed by atoms with Crippen molar-refractivity contribution in [2.75, 3.05) is 18.4 Å². The number of carbonyl (C=O) groups is 1. The first-order valence-electron chi connectivity index (χ1n) is 9.08. The lowest BCUT2D eigenvalue weighted by Gasteiger charge is -2.17. The third-order valence-corrected chi connectivity index (χ3v) is 5.87. The number of aromatic nitrogens is 2. The zero-order valence-electron chi connectivity index (χ0n) is 16.2. The number of aryl methyl sites for hydroxylation is 2. The molecule has 142 valence electrons. The minimum atomic E-state index is -0.434. The fourth-order valence-corrected chi connectivity index (χ4v) is 4.00. The summed E-state index contributed by atoms with van der Waals surface area (Å²) in [6.07, 6.45) is 0. The minimum absolute atomic E-state index is 0.434. The van der Waals surface area contributed by atoms with Gasteiger partial charge in [0.05, 0.1) is 11.9 Å². The molecule has 1 aromatic carbocycles. The average molecular weight is 384 g/mol. The van der Waals surface area contributed by atoms with Crippen molar-refractivity contribution in [2.45, 2.75) is 34.2 Å². The Bertz CT molecular complexity index is 961. The van der Waals surface area contributed by atoms with Crippen molar-refractivity contribution in [3.63, 3.8) is 0 Å². The van der Waals surface area contributed by atoms with E-state index >= 15 is 0 Å². The maximum atomic E-state index is 11.3. The summed E-state index contributed by atoms with van der Waals surface area (Å²) in [4.78, 5) is 25.4. The van der Waals surface area contributed by atoms with Crippen LogP contribution in [0.3, 0.4) is 0 Å². The second kappa shape index (κ2) is 8.02. The largest absolute Gasteiger partial charge is 0.366 e. The Hall–Kier alpha value is -2.51. The number of nitrogens with two attached hydrogens (primary N) is 1. The smallest absolute Gasteiger partial charge is 0.248 e. The molecule has 3 N–H and O–H groups in total. The summed E-state index contributed by atoms with van der Waals surface area (Å²) < 4.78 is 0. The monoisotopic (exact) mass is 383 g/mol. The average Bonchev–Trinajstić information content (AvgIpc) is 2.94. The van der Waals surface area contributed by atoms with E-state index < -0.39 is 5.91 Å². The van der Waals surface area contributed by atoms with E-state index in [1.807, 2.05) is 12.1 Å². The third-order valence-electron chi connectivity index (χ3n) is 4.77. The van der Waals surface area contributed by atoms with Gasteiger partial charge in [0.1, 0.15) is 16.5 Å². The van der Waals surface area contributed by atoms with Crippen LogP contribution in [0, 0.1) is 13.8 Å². The predicted molar refractivity (Wildman–Crippen MR) is 112 cm³/mol. The minimum Gasteiger partial charge on any atom is -0.366 e. The van der Waals surface area contributed by atoms with Crippen LogP contribution >= 0.6 is 11.3 Å². The fraction of sp³-hybridized carbons (Fsp3) is 0.350. The number of primary amides is 1. The van der Waals surface area contributed by atoms with E-state index in [1.54, 1.807) is 23.5 Å². The summed E-state index contributed by atoms with van der Waals surface area (Å²) in [6.45, 7) is 11.1. The molecule has 0 radical (unpaired) electrons. The number of hydrogen-bond acceptors (Lipinski definition) is 6. The molecule has 1 amide bonds. The maximum absolute atomic E-state index is 11.3. The lowest BCUT2D eigenvalue weighted by molar-refractivity contribution is 0.100. The number of rotatable bonds is 7. The van der Waals surface area contributed by atoms with Gasteiger partial charge in [0.15, 0.2) is 0 Å². The third kappa shape index (κ3) is 4.09. The topological polar surface area (TPSA) is 84.1 Å². The number of anilines is 2. The van der Waals surface area contributed by atoms with Crippen LogP contribution in [0.25, 0.3) is 10.2 Å². The molecule has 3 aromatic rings. The Labute approximate surface area is 163 Å². The van der Waals surface area contributed by atoms with E-state index in [-0.39, 0.29) is 0 Å². The van der Waals surface area contributed by atoms with Crippen LogP contribution in [-0.2, 0) is 6.54 Å². The SMILES string of the molecule is CCN(CC)Cc1nc(Nc2ccc(C(N)=O)cc2)c2c(C)c(C)sc2n1. The van der Waals surface area contributed by atoms with E-state index in [9.17, 15) is 4.79 Å². The molecule has 3 rings (SSSR count). The molecular formula is C20H25N5OS. The van der Waals surface area contributed by atoms with Crippen LogP contribution in [-0.4, -0.2) is 33.9 Å². The molecule has 7 heteroatoms. The van der Waals surface area contributed by atoms with Crippen LogP contribution in [0.4, 0.5) is 11.5 Å².